The van der Waals surface area contributed by atoms with Crippen LogP contribution < -0.4 is 5.32 Å². The molecule has 0 saturated carbocycles. The number of nitrogens with zero attached hydrogens (tertiary/aromatic N) is 3. The van der Waals surface area contributed by atoms with E-state index >= 15 is 0 Å². The van der Waals surface area contributed by atoms with E-state index < -0.39 is 0 Å². The first-order valence-electron chi connectivity index (χ1n) is 5.64. The Morgan fingerprint density at radius 3 is 2.88 bits per heavy atom. The standard InChI is InChI=1S/C12H16N4S/c1-8(2)14-7-10-15-16-12(17-10)11-9(3)5-4-6-13-11/h4-6,8,14H,7H2,1-3H3. The molecule has 2 rings (SSSR count). The Morgan fingerprint density at radius 1 is 1.35 bits per heavy atom. The summed E-state index contributed by atoms with van der Waals surface area (Å²) in [6.07, 6.45) is 1.79. The maximum atomic E-state index is 4.34. The van der Waals surface area contributed by atoms with E-state index in [-0.39, 0.29) is 0 Å². The zero-order chi connectivity index (χ0) is 12.3. The van der Waals surface area contributed by atoms with Gasteiger partial charge in [0.25, 0.3) is 0 Å². The van der Waals surface area contributed by atoms with Crippen molar-refractivity contribution in [1.82, 2.24) is 20.5 Å². The van der Waals surface area contributed by atoms with Crippen molar-refractivity contribution in [1.29, 1.82) is 0 Å². The quantitative estimate of drug-likeness (QED) is 0.902. The molecule has 5 heteroatoms. The fraction of sp³-hybridized carbons (Fsp3) is 0.417. The lowest BCUT2D eigenvalue weighted by molar-refractivity contribution is 0.585. The average Bonchev–Trinajstić information content (AvgIpc) is 2.75. The van der Waals surface area contributed by atoms with Crippen molar-refractivity contribution >= 4 is 11.3 Å². The molecule has 0 saturated heterocycles. The number of hydrogen-bond donors (Lipinski definition) is 1. The molecule has 2 heterocycles. The summed E-state index contributed by atoms with van der Waals surface area (Å²) in [7, 11) is 0. The Hall–Kier alpha value is -1.33. The number of nitrogens with one attached hydrogen (secondary N) is 1. The van der Waals surface area contributed by atoms with Crippen molar-refractivity contribution in [3.05, 3.63) is 28.9 Å². The van der Waals surface area contributed by atoms with Gasteiger partial charge in [-0.2, -0.15) is 0 Å². The molecule has 0 fully saturated rings. The molecule has 2 aromatic heterocycles. The molecule has 2 aromatic rings. The van der Waals surface area contributed by atoms with Gasteiger partial charge in [0.05, 0.1) is 0 Å². The highest BCUT2D eigenvalue weighted by Crippen LogP contribution is 2.23. The van der Waals surface area contributed by atoms with Crippen LogP contribution in [0.1, 0.15) is 24.4 Å². The van der Waals surface area contributed by atoms with Crippen LogP contribution in [0.25, 0.3) is 10.7 Å². The number of pyridine rings is 1. The van der Waals surface area contributed by atoms with Gasteiger partial charge in [-0.1, -0.05) is 31.3 Å². The average molecular weight is 248 g/mol. The summed E-state index contributed by atoms with van der Waals surface area (Å²) in [6, 6.07) is 4.43. The lowest BCUT2D eigenvalue weighted by atomic mass is 10.2. The predicted octanol–water partition coefficient (Wildman–Crippen LogP) is 2.41. The molecule has 0 aliphatic rings. The van der Waals surface area contributed by atoms with Crippen molar-refractivity contribution in [2.75, 3.05) is 0 Å². The summed E-state index contributed by atoms with van der Waals surface area (Å²) in [5.74, 6) is 0. The second kappa shape index (κ2) is 5.33. The van der Waals surface area contributed by atoms with Gasteiger partial charge in [0.1, 0.15) is 10.7 Å². The molecule has 0 bridgehead atoms. The van der Waals surface area contributed by atoms with Crippen LogP contribution in [0.15, 0.2) is 18.3 Å². The van der Waals surface area contributed by atoms with Gasteiger partial charge in [0.2, 0.25) is 0 Å². The fourth-order valence-electron chi connectivity index (χ4n) is 1.42. The molecule has 1 N–H and O–H groups in total. The number of aromatic nitrogens is 3. The smallest absolute Gasteiger partial charge is 0.166 e. The second-order valence-electron chi connectivity index (χ2n) is 4.21. The topological polar surface area (TPSA) is 50.7 Å². The van der Waals surface area contributed by atoms with Crippen LogP contribution in [0.5, 0.6) is 0 Å². The van der Waals surface area contributed by atoms with Crippen LogP contribution in [-0.2, 0) is 6.54 Å². The van der Waals surface area contributed by atoms with Gasteiger partial charge >= 0.3 is 0 Å². The van der Waals surface area contributed by atoms with E-state index in [1.54, 1.807) is 17.5 Å². The molecule has 17 heavy (non-hydrogen) atoms. The van der Waals surface area contributed by atoms with Crippen LogP contribution in [0.2, 0.25) is 0 Å². The zero-order valence-corrected chi connectivity index (χ0v) is 11.1. The van der Waals surface area contributed by atoms with Gasteiger partial charge in [-0.15, -0.1) is 10.2 Å². The number of rotatable bonds is 4. The number of hydrogen-bond acceptors (Lipinski definition) is 5. The van der Waals surface area contributed by atoms with Crippen molar-refractivity contribution in [3.8, 4) is 10.7 Å². The van der Waals surface area contributed by atoms with Gasteiger partial charge in [0.15, 0.2) is 5.01 Å². The molecule has 0 aliphatic heterocycles. The normalized spacial score (nSPS) is 11.1. The minimum Gasteiger partial charge on any atom is -0.308 e. The Balaban J connectivity index is 2.16. The maximum Gasteiger partial charge on any atom is 0.166 e. The van der Waals surface area contributed by atoms with Crippen molar-refractivity contribution in [2.24, 2.45) is 0 Å². The third-order valence-electron chi connectivity index (χ3n) is 2.34. The molecule has 90 valence electrons. The third kappa shape index (κ3) is 3.08. The van der Waals surface area contributed by atoms with Crippen LogP contribution in [0.4, 0.5) is 0 Å². The monoisotopic (exact) mass is 248 g/mol. The Kier molecular flexibility index (Phi) is 3.81. The van der Waals surface area contributed by atoms with E-state index in [0.717, 1.165) is 27.8 Å². The SMILES string of the molecule is Cc1cccnc1-c1nnc(CNC(C)C)s1. The molecule has 4 nitrogen and oxygen atoms in total. The highest BCUT2D eigenvalue weighted by Gasteiger charge is 2.09. The summed E-state index contributed by atoms with van der Waals surface area (Å²) in [6.45, 7) is 7.03. The van der Waals surface area contributed by atoms with E-state index in [0.29, 0.717) is 6.04 Å². The minimum absolute atomic E-state index is 0.457. The van der Waals surface area contributed by atoms with E-state index in [9.17, 15) is 0 Å². The largest absolute Gasteiger partial charge is 0.308 e. The zero-order valence-electron chi connectivity index (χ0n) is 10.3. The van der Waals surface area contributed by atoms with Crippen LogP contribution in [-0.4, -0.2) is 21.2 Å². The summed E-state index contributed by atoms with van der Waals surface area (Å²) in [4.78, 5) is 4.34. The minimum atomic E-state index is 0.457. The van der Waals surface area contributed by atoms with Gasteiger partial charge in [-0.05, 0) is 18.6 Å². The van der Waals surface area contributed by atoms with Crippen LogP contribution in [0.3, 0.4) is 0 Å². The first-order chi connectivity index (χ1) is 8.16. The van der Waals surface area contributed by atoms with Crippen LogP contribution in [0, 0.1) is 6.92 Å². The first-order valence-corrected chi connectivity index (χ1v) is 6.46. The molecule has 0 radical (unpaired) electrons. The Labute approximate surface area is 105 Å². The Morgan fingerprint density at radius 2 is 2.18 bits per heavy atom. The van der Waals surface area contributed by atoms with E-state index in [4.69, 9.17) is 0 Å². The van der Waals surface area contributed by atoms with Gasteiger partial charge < -0.3 is 5.32 Å². The molecule has 0 amide bonds. The summed E-state index contributed by atoms with van der Waals surface area (Å²) >= 11 is 1.59. The Bertz CT molecular complexity index is 493. The van der Waals surface area contributed by atoms with Crippen LogP contribution >= 0.6 is 11.3 Å². The van der Waals surface area contributed by atoms with E-state index in [1.807, 2.05) is 19.1 Å². The molecule has 0 spiro atoms. The van der Waals surface area contributed by atoms with E-state index in [1.165, 1.54) is 0 Å². The maximum absolute atomic E-state index is 4.34. The van der Waals surface area contributed by atoms with Crippen molar-refractivity contribution in [2.45, 2.75) is 33.4 Å². The molecule has 0 aromatic carbocycles. The van der Waals surface area contributed by atoms with Gasteiger partial charge in [0, 0.05) is 18.8 Å². The van der Waals surface area contributed by atoms with Crippen molar-refractivity contribution < 1.29 is 0 Å². The predicted molar refractivity (Wildman–Crippen MR) is 69.9 cm³/mol. The molecule has 0 atom stereocenters. The van der Waals surface area contributed by atoms with Gasteiger partial charge in [-0.25, -0.2) is 0 Å². The van der Waals surface area contributed by atoms with Crippen molar-refractivity contribution in [3.63, 3.8) is 0 Å². The summed E-state index contributed by atoms with van der Waals surface area (Å²) in [5, 5.41) is 13.6. The highest BCUT2D eigenvalue weighted by molar-refractivity contribution is 7.14. The molecular weight excluding hydrogens is 232 g/mol. The first kappa shape index (κ1) is 12.1. The lowest BCUT2D eigenvalue weighted by Crippen LogP contribution is -2.21. The third-order valence-corrected chi connectivity index (χ3v) is 3.27. The summed E-state index contributed by atoms with van der Waals surface area (Å²) < 4.78 is 0. The van der Waals surface area contributed by atoms with E-state index in [2.05, 4.69) is 34.3 Å². The number of aryl methyl sites for hydroxylation is 1. The molecule has 0 aliphatic carbocycles. The fourth-order valence-corrected chi connectivity index (χ4v) is 2.27. The second-order valence-corrected chi connectivity index (χ2v) is 5.27. The lowest BCUT2D eigenvalue weighted by Gasteiger charge is -2.03. The molecular formula is C12H16N4S. The highest BCUT2D eigenvalue weighted by atomic mass is 32.1. The van der Waals surface area contributed by atoms with Gasteiger partial charge in [-0.3, -0.25) is 4.98 Å². The molecule has 0 unspecified atom stereocenters. The summed E-state index contributed by atoms with van der Waals surface area (Å²) in [5.41, 5.74) is 2.06.